The molecule has 5 nitrogen and oxygen atoms in total. The number of rotatable bonds is 9. The van der Waals surface area contributed by atoms with Gasteiger partial charge in [-0.3, -0.25) is 9.59 Å². The van der Waals surface area contributed by atoms with Crippen LogP contribution in [0.2, 0.25) is 10.0 Å². The van der Waals surface area contributed by atoms with Gasteiger partial charge < -0.3 is 15.0 Å². The number of nitrogens with one attached hydrogen (secondary N) is 1. The van der Waals surface area contributed by atoms with Crippen LogP contribution in [-0.4, -0.2) is 35.4 Å². The minimum Gasteiger partial charge on any atom is -0.482 e. The van der Waals surface area contributed by atoms with Gasteiger partial charge in [-0.25, -0.2) is 0 Å². The van der Waals surface area contributed by atoms with Crippen LogP contribution in [0.25, 0.3) is 0 Å². The van der Waals surface area contributed by atoms with Gasteiger partial charge in [0.1, 0.15) is 11.8 Å². The van der Waals surface area contributed by atoms with E-state index in [1.165, 1.54) is 6.42 Å². The fourth-order valence-corrected chi connectivity index (χ4v) is 4.63. The summed E-state index contributed by atoms with van der Waals surface area (Å²) < 4.78 is 5.70. The second kappa shape index (κ2) is 12.3. The van der Waals surface area contributed by atoms with Crippen molar-refractivity contribution in [3.63, 3.8) is 0 Å². The maximum atomic E-state index is 13.3. The molecule has 0 bridgehead atoms. The van der Waals surface area contributed by atoms with E-state index in [1.54, 1.807) is 23.1 Å². The van der Waals surface area contributed by atoms with Gasteiger partial charge in [0, 0.05) is 17.6 Å². The molecular weight excluding hydrogens is 459 g/mol. The van der Waals surface area contributed by atoms with Crippen molar-refractivity contribution in [2.45, 2.75) is 71.0 Å². The van der Waals surface area contributed by atoms with Crippen molar-refractivity contribution in [2.24, 2.45) is 0 Å². The molecule has 178 valence electrons. The number of carbonyl (C=O) groups excluding carboxylic acids is 2. The van der Waals surface area contributed by atoms with Crippen LogP contribution in [0.4, 0.5) is 0 Å². The van der Waals surface area contributed by atoms with E-state index in [0.29, 0.717) is 28.8 Å². The van der Waals surface area contributed by atoms with Gasteiger partial charge in [-0.2, -0.15) is 0 Å². The third-order valence-electron chi connectivity index (χ3n) is 6.06. The molecule has 0 saturated heterocycles. The number of hydrogen-bond acceptors (Lipinski definition) is 3. The zero-order valence-corrected chi connectivity index (χ0v) is 20.8. The first-order valence-electron chi connectivity index (χ1n) is 11.6. The molecule has 0 spiro atoms. The molecule has 0 radical (unpaired) electrons. The van der Waals surface area contributed by atoms with E-state index in [9.17, 15) is 9.59 Å². The van der Waals surface area contributed by atoms with E-state index in [0.717, 1.165) is 36.8 Å². The van der Waals surface area contributed by atoms with Crippen molar-refractivity contribution < 1.29 is 14.3 Å². The van der Waals surface area contributed by atoms with E-state index in [-0.39, 0.29) is 24.5 Å². The van der Waals surface area contributed by atoms with Crippen LogP contribution in [0.15, 0.2) is 42.5 Å². The summed E-state index contributed by atoms with van der Waals surface area (Å²) in [4.78, 5) is 28.1. The predicted molar refractivity (Wildman–Crippen MR) is 133 cm³/mol. The molecule has 3 rings (SSSR count). The first-order valence-corrected chi connectivity index (χ1v) is 12.4. The standard InChI is InChI=1S/C26H32Cl2N2O3/c1-3-23(26(32)29-21-7-5-4-6-8-21)30(16-19-11-9-18(2)10-12-19)25(31)17-33-24-14-13-20(27)15-22(24)28/h9-15,21,23H,3-8,16-17H2,1-2H3,(H,29,32)/t23-/m1/s1. The van der Waals surface area contributed by atoms with Gasteiger partial charge in [0.2, 0.25) is 5.91 Å². The number of ether oxygens (including phenoxy) is 1. The third kappa shape index (κ3) is 7.38. The Labute approximate surface area is 206 Å². The van der Waals surface area contributed by atoms with Gasteiger partial charge in [0.25, 0.3) is 5.91 Å². The Balaban J connectivity index is 1.76. The summed E-state index contributed by atoms with van der Waals surface area (Å²) in [5.74, 6) is 0.00558. The highest BCUT2D eigenvalue weighted by Crippen LogP contribution is 2.27. The lowest BCUT2D eigenvalue weighted by molar-refractivity contribution is -0.143. The Morgan fingerprint density at radius 1 is 1.09 bits per heavy atom. The molecule has 1 atom stereocenters. The monoisotopic (exact) mass is 490 g/mol. The Kier molecular flexibility index (Phi) is 9.45. The molecule has 0 aliphatic heterocycles. The summed E-state index contributed by atoms with van der Waals surface area (Å²) >= 11 is 12.1. The highest BCUT2D eigenvalue weighted by atomic mass is 35.5. The van der Waals surface area contributed by atoms with Crippen molar-refractivity contribution in [3.8, 4) is 5.75 Å². The summed E-state index contributed by atoms with van der Waals surface area (Å²) in [6.45, 7) is 4.05. The molecule has 0 unspecified atom stereocenters. The van der Waals surface area contributed by atoms with Gasteiger partial charge in [-0.1, -0.05) is 79.2 Å². The molecular formula is C26H32Cl2N2O3. The second-order valence-corrected chi connectivity index (χ2v) is 9.48. The van der Waals surface area contributed by atoms with Crippen LogP contribution < -0.4 is 10.1 Å². The molecule has 1 aliphatic rings. The lowest BCUT2D eigenvalue weighted by Crippen LogP contribution is -2.52. The topological polar surface area (TPSA) is 58.6 Å². The number of amides is 2. The average molecular weight is 491 g/mol. The predicted octanol–water partition coefficient (Wildman–Crippen LogP) is 5.94. The highest BCUT2D eigenvalue weighted by molar-refractivity contribution is 6.35. The van der Waals surface area contributed by atoms with Crippen LogP contribution in [0, 0.1) is 6.92 Å². The third-order valence-corrected chi connectivity index (χ3v) is 6.59. The zero-order valence-electron chi connectivity index (χ0n) is 19.3. The quantitative estimate of drug-likeness (QED) is 0.473. The van der Waals surface area contributed by atoms with Crippen LogP contribution in [0.3, 0.4) is 0 Å². The summed E-state index contributed by atoms with van der Waals surface area (Å²) in [5, 5.41) is 4.01. The first kappa shape index (κ1) is 25.4. The van der Waals surface area contributed by atoms with E-state index in [2.05, 4.69) is 5.32 Å². The van der Waals surface area contributed by atoms with Gasteiger partial charge in [0.15, 0.2) is 6.61 Å². The summed E-state index contributed by atoms with van der Waals surface area (Å²) in [6.07, 6.45) is 5.97. The van der Waals surface area contributed by atoms with Crippen molar-refractivity contribution >= 4 is 35.0 Å². The Morgan fingerprint density at radius 2 is 1.79 bits per heavy atom. The van der Waals surface area contributed by atoms with E-state index in [4.69, 9.17) is 27.9 Å². The fraction of sp³-hybridized carbons (Fsp3) is 0.462. The maximum Gasteiger partial charge on any atom is 0.261 e. The van der Waals surface area contributed by atoms with Crippen LogP contribution >= 0.6 is 23.2 Å². The van der Waals surface area contributed by atoms with Crippen molar-refractivity contribution in [1.29, 1.82) is 0 Å². The minimum atomic E-state index is -0.579. The largest absolute Gasteiger partial charge is 0.482 e. The number of halogens is 2. The van der Waals surface area contributed by atoms with Crippen molar-refractivity contribution in [2.75, 3.05) is 6.61 Å². The molecule has 1 fully saturated rings. The molecule has 2 aromatic rings. The number of nitrogens with zero attached hydrogens (tertiary/aromatic N) is 1. The molecule has 1 saturated carbocycles. The van der Waals surface area contributed by atoms with E-state index in [1.807, 2.05) is 38.1 Å². The van der Waals surface area contributed by atoms with Gasteiger partial charge in [0.05, 0.1) is 5.02 Å². The number of carbonyl (C=O) groups is 2. The lowest BCUT2D eigenvalue weighted by atomic mass is 9.95. The van der Waals surface area contributed by atoms with Crippen LogP contribution in [0.5, 0.6) is 5.75 Å². The fourth-order valence-electron chi connectivity index (χ4n) is 4.17. The zero-order chi connectivity index (χ0) is 23.8. The molecule has 0 heterocycles. The molecule has 0 aromatic heterocycles. The van der Waals surface area contributed by atoms with Crippen LogP contribution in [-0.2, 0) is 16.1 Å². The Bertz CT molecular complexity index is 943. The molecule has 1 aliphatic carbocycles. The minimum absolute atomic E-state index is 0.102. The average Bonchev–Trinajstić information content (AvgIpc) is 2.80. The smallest absolute Gasteiger partial charge is 0.261 e. The van der Waals surface area contributed by atoms with Crippen LogP contribution in [0.1, 0.15) is 56.6 Å². The molecule has 33 heavy (non-hydrogen) atoms. The van der Waals surface area contributed by atoms with Gasteiger partial charge >= 0.3 is 0 Å². The van der Waals surface area contributed by atoms with E-state index < -0.39 is 6.04 Å². The summed E-state index contributed by atoms with van der Waals surface area (Å²) in [5.41, 5.74) is 2.10. The second-order valence-electron chi connectivity index (χ2n) is 8.64. The molecule has 7 heteroatoms. The number of aryl methyl sites for hydroxylation is 1. The maximum absolute atomic E-state index is 13.3. The Hall–Kier alpha value is -2.24. The SMILES string of the molecule is CC[C@H](C(=O)NC1CCCCC1)N(Cc1ccc(C)cc1)C(=O)COc1ccc(Cl)cc1Cl. The van der Waals surface area contributed by atoms with Crippen molar-refractivity contribution in [1.82, 2.24) is 10.2 Å². The number of benzene rings is 2. The van der Waals surface area contributed by atoms with Crippen molar-refractivity contribution in [3.05, 3.63) is 63.6 Å². The summed E-state index contributed by atoms with van der Waals surface area (Å²) in [6, 6.07) is 12.4. The normalized spacial score (nSPS) is 15.0. The Morgan fingerprint density at radius 3 is 2.42 bits per heavy atom. The molecule has 2 aromatic carbocycles. The highest BCUT2D eigenvalue weighted by Gasteiger charge is 2.30. The van der Waals surface area contributed by atoms with Gasteiger partial charge in [-0.15, -0.1) is 0 Å². The number of hydrogen-bond donors (Lipinski definition) is 1. The van der Waals surface area contributed by atoms with E-state index >= 15 is 0 Å². The first-order chi connectivity index (χ1) is 15.9. The molecule has 1 N–H and O–H groups in total. The summed E-state index contributed by atoms with van der Waals surface area (Å²) in [7, 11) is 0. The lowest BCUT2D eigenvalue weighted by Gasteiger charge is -2.32. The van der Waals surface area contributed by atoms with Gasteiger partial charge in [-0.05, 0) is 49.9 Å². The molecule has 2 amide bonds.